The molecule has 3 aromatic rings. The Bertz CT molecular complexity index is 924. The zero-order valence-corrected chi connectivity index (χ0v) is 17.8. The second-order valence-corrected chi connectivity index (χ2v) is 8.73. The first-order valence-electron chi connectivity index (χ1n) is 10.9. The molecule has 144 valence electrons. The Labute approximate surface area is 170 Å². The molecule has 0 heterocycles. The number of unbranched alkanes of at least 4 members (excludes halogenated alkanes) is 3. The van der Waals surface area contributed by atoms with Gasteiger partial charge in [-0.25, -0.2) is 0 Å². The van der Waals surface area contributed by atoms with Crippen molar-refractivity contribution in [1.29, 1.82) is 0 Å². The number of hydrogen-bond donors (Lipinski definition) is 0. The fourth-order valence-corrected chi connectivity index (χ4v) is 4.83. The van der Waals surface area contributed by atoms with E-state index >= 15 is 0 Å². The van der Waals surface area contributed by atoms with E-state index in [4.69, 9.17) is 0 Å². The van der Waals surface area contributed by atoms with E-state index in [9.17, 15) is 0 Å². The minimum absolute atomic E-state index is 0.0799. The molecule has 0 aliphatic heterocycles. The highest BCUT2D eigenvalue weighted by Crippen LogP contribution is 2.52. The zero-order chi connectivity index (χ0) is 19.7. The maximum Gasteiger partial charge on any atom is 0.0435 e. The maximum atomic E-state index is 2.41. The van der Waals surface area contributed by atoms with E-state index in [-0.39, 0.29) is 5.41 Å². The standard InChI is InChI=1S/C28H32/c1-5-6-7-8-9-22-12-14-23(15-13-22)28(4)26-18-20(2)10-16-24(26)25-17-11-21(3)19-27(25)28/h10-19H,5-9H2,1-4H3. The van der Waals surface area contributed by atoms with Crippen molar-refractivity contribution < 1.29 is 0 Å². The lowest BCUT2D eigenvalue weighted by atomic mass is 9.73. The molecule has 0 saturated heterocycles. The number of rotatable bonds is 6. The van der Waals surface area contributed by atoms with Crippen molar-refractivity contribution in [2.45, 2.75) is 65.2 Å². The lowest BCUT2D eigenvalue weighted by molar-refractivity contribution is 0.666. The van der Waals surface area contributed by atoms with Gasteiger partial charge in [0, 0.05) is 5.41 Å². The van der Waals surface area contributed by atoms with E-state index in [0.29, 0.717) is 0 Å². The van der Waals surface area contributed by atoms with Crippen molar-refractivity contribution in [2.24, 2.45) is 0 Å². The number of hydrogen-bond acceptors (Lipinski definition) is 0. The van der Waals surface area contributed by atoms with Gasteiger partial charge in [0.25, 0.3) is 0 Å². The van der Waals surface area contributed by atoms with Crippen LogP contribution in [0.1, 0.15) is 72.9 Å². The van der Waals surface area contributed by atoms with Gasteiger partial charge in [-0.1, -0.05) is 98.0 Å². The van der Waals surface area contributed by atoms with Crippen LogP contribution in [0.15, 0.2) is 60.7 Å². The molecule has 28 heavy (non-hydrogen) atoms. The summed E-state index contributed by atoms with van der Waals surface area (Å²) in [6.45, 7) is 9.09. The van der Waals surface area contributed by atoms with E-state index in [1.165, 1.54) is 76.6 Å². The first kappa shape index (κ1) is 19.0. The van der Waals surface area contributed by atoms with Crippen molar-refractivity contribution in [3.8, 4) is 11.1 Å². The van der Waals surface area contributed by atoms with Gasteiger partial charge in [-0.3, -0.25) is 0 Å². The van der Waals surface area contributed by atoms with Crippen molar-refractivity contribution in [3.05, 3.63) is 94.0 Å². The third-order valence-corrected chi connectivity index (χ3v) is 6.57. The van der Waals surface area contributed by atoms with Crippen molar-refractivity contribution >= 4 is 0 Å². The topological polar surface area (TPSA) is 0 Å². The van der Waals surface area contributed by atoms with Crippen LogP contribution in [0, 0.1) is 13.8 Å². The van der Waals surface area contributed by atoms with E-state index in [2.05, 4.69) is 88.4 Å². The molecule has 0 unspecified atom stereocenters. The third kappa shape index (κ3) is 3.20. The predicted molar refractivity (Wildman–Crippen MR) is 121 cm³/mol. The van der Waals surface area contributed by atoms with Crippen LogP contribution in [0.5, 0.6) is 0 Å². The highest BCUT2D eigenvalue weighted by molar-refractivity contribution is 5.83. The first-order chi connectivity index (χ1) is 13.5. The molecule has 1 aliphatic rings. The lowest BCUT2D eigenvalue weighted by Crippen LogP contribution is -2.22. The van der Waals surface area contributed by atoms with Crippen LogP contribution in [0.25, 0.3) is 11.1 Å². The fraction of sp³-hybridized carbons (Fsp3) is 0.357. The third-order valence-electron chi connectivity index (χ3n) is 6.57. The Hall–Kier alpha value is -2.34. The fourth-order valence-electron chi connectivity index (χ4n) is 4.83. The van der Waals surface area contributed by atoms with Crippen LogP contribution in [-0.2, 0) is 11.8 Å². The number of fused-ring (bicyclic) bond motifs is 3. The summed E-state index contributed by atoms with van der Waals surface area (Å²) in [5.41, 5.74) is 11.1. The average molecular weight is 369 g/mol. The van der Waals surface area contributed by atoms with Crippen molar-refractivity contribution in [3.63, 3.8) is 0 Å². The van der Waals surface area contributed by atoms with Gasteiger partial charge in [0.1, 0.15) is 0 Å². The van der Waals surface area contributed by atoms with Crippen LogP contribution in [0.3, 0.4) is 0 Å². The summed E-state index contributed by atoms with van der Waals surface area (Å²) in [7, 11) is 0. The molecular weight excluding hydrogens is 336 g/mol. The van der Waals surface area contributed by atoms with Gasteiger partial charge < -0.3 is 0 Å². The normalized spacial score (nSPS) is 14.0. The lowest BCUT2D eigenvalue weighted by Gasteiger charge is -2.29. The van der Waals surface area contributed by atoms with Gasteiger partial charge in [0.2, 0.25) is 0 Å². The first-order valence-corrected chi connectivity index (χ1v) is 10.9. The van der Waals surface area contributed by atoms with Crippen molar-refractivity contribution in [1.82, 2.24) is 0 Å². The van der Waals surface area contributed by atoms with Gasteiger partial charge in [0.05, 0.1) is 0 Å². The molecule has 0 bridgehead atoms. The van der Waals surface area contributed by atoms with E-state index in [1.54, 1.807) is 0 Å². The van der Waals surface area contributed by atoms with Crippen LogP contribution in [0.2, 0.25) is 0 Å². The molecule has 1 aliphatic carbocycles. The van der Waals surface area contributed by atoms with E-state index < -0.39 is 0 Å². The molecule has 0 radical (unpaired) electrons. The molecule has 3 aromatic carbocycles. The molecule has 0 N–H and O–H groups in total. The van der Waals surface area contributed by atoms with Crippen LogP contribution in [-0.4, -0.2) is 0 Å². The Balaban J connectivity index is 1.74. The molecule has 0 saturated carbocycles. The van der Waals surface area contributed by atoms with Crippen molar-refractivity contribution in [2.75, 3.05) is 0 Å². The van der Waals surface area contributed by atoms with Gasteiger partial charge in [-0.2, -0.15) is 0 Å². The Kier molecular flexibility index (Phi) is 5.15. The van der Waals surface area contributed by atoms with E-state index in [0.717, 1.165) is 0 Å². The average Bonchev–Trinajstić information content (AvgIpc) is 2.94. The largest absolute Gasteiger partial charge is 0.0654 e. The molecular formula is C28H32. The minimum atomic E-state index is -0.0799. The van der Waals surface area contributed by atoms with Crippen LogP contribution in [0.4, 0.5) is 0 Å². The molecule has 0 heteroatoms. The molecule has 0 aromatic heterocycles. The monoisotopic (exact) mass is 368 g/mol. The number of benzene rings is 3. The molecule has 4 rings (SSSR count). The van der Waals surface area contributed by atoms with Crippen LogP contribution < -0.4 is 0 Å². The second-order valence-electron chi connectivity index (χ2n) is 8.73. The molecule has 0 atom stereocenters. The van der Waals surface area contributed by atoms with E-state index in [1.807, 2.05) is 0 Å². The van der Waals surface area contributed by atoms with Gasteiger partial charge in [0.15, 0.2) is 0 Å². The highest BCUT2D eigenvalue weighted by atomic mass is 14.4. The van der Waals surface area contributed by atoms with Gasteiger partial charge in [-0.15, -0.1) is 0 Å². The zero-order valence-electron chi connectivity index (χ0n) is 17.8. The smallest absolute Gasteiger partial charge is 0.0435 e. The second kappa shape index (κ2) is 7.59. The van der Waals surface area contributed by atoms with Gasteiger partial charge in [-0.05, 0) is 67.0 Å². The number of aryl methyl sites for hydroxylation is 3. The summed E-state index contributed by atoms with van der Waals surface area (Å²) in [6.07, 6.45) is 6.49. The summed E-state index contributed by atoms with van der Waals surface area (Å²) in [5, 5.41) is 0. The molecule has 0 nitrogen and oxygen atoms in total. The minimum Gasteiger partial charge on any atom is -0.0654 e. The Morgan fingerprint density at radius 1 is 0.679 bits per heavy atom. The quantitative estimate of drug-likeness (QED) is 0.390. The van der Waals surface area contributed by atoms with Crippen LogP contribution >= 0.6 is 0 Å². The highest BCUT2D eigenvalue weighted by Gasteiger charge is 2.40. The Morgan fingerprint density at radius 3 is 1.79 bits per heavy atom. The Morgan fingerprint density at radius 2 is 1.25 bits per heavy atom. The SMILES string of the molecule is CCCCCCc1ccc(C2(C)c3cc(C)ccc3-c3ccc(C)cc32)cc1. The summed E-state index contributed by atoms with van der Waals surface area (Å²) >= 11 is 0. The molecule has 0 fully saturated rings. The summed E-state index contributed by atoms with van der Waals surface area (Å²) in [6, 6.07) is 23.4. The summed E-state index contributed by atoms with van der Waals surface area (Å²) in [5.74, 6) is 0. The predicted octanol–water partition coefficient (Wildman–Crippen LogP) is 7.76. The molecule has 0 spiro atoms. The maximum absolute atomic E-state index is 2.41. The summed E-state index contributed by atoms with van der Waals surface area (Å²) in [4.78, 5) is 0. The molecule has 0 amide bonds. The summed E-state index contributed by atoms with van der Waals surface area (Å²) < 4.78 is 0. The van der Waals surface area contributed by atoms with Gasteiger partial charge >= 0.3 is 0 Å².